The molecule has 0 spiro atoms. The van der Waals surface area contributed by atoms with Gasteiger partial charge in [0, 0.05) is 18.9 Å². The van der Waals surface area contributed by atoms with E-state index in [2.05, 4.69) is 0 Å². The van der Waals surface area contributed by atoms with Crippen molar-refractivity contribution in [1.29, 1.82) is 0 Å². The first-order valence-electron chi connectivity index (χ1n) is 5.51. The second-order valence-corrected chi connectivity index (χ2v) is 3.73. The lowest BCUT2D eigenvalue weighted by atomic mass is 10.4. The Hall–Kier alpha value is -2.28. The summed E-state index contributed by atoms with van der Waals surface area (Å²) in [4.78, 5) is 23.0. The monoisotopic (exact) mass is 250 g/mol. The number of rotatable bonds is 4. The molecule has 2 rings (SSSR count). The molecule has 96 valence electrons. The lowest BCUT2D eigenvalue weighted by molar-refractivity contribution is 0.0924. The molecule has 0 aliphatic heterocycles. The van der Waals surface area contributed by atoms with Gasteiger partial charge in [-0.15, -0.1) is 0 Å². The SMILES string of the molecule is CCn1ccn(Cc2ccc(C(=O)NN)o2)c1=O. The van der Waals surface area contributed by atoms with Crippen LogP contribution in [0.3, 0.4) is 0 Å². The Labute approximate surface area is 103 Å². The van der Waals surface area contributed by atoms with Crippen molar-refractivity contribution in [3.8, 4) is 0 Å². The van der Waals surface area contributed by atoms with Gasteiger partial charge in [0.15, 0.2) is 5.76 Å². The molecule has 0 saturated heterocycles. The first kappa shape index (κ1) is 12.2. The van der Waals surface area contributed by atoms with Crippen LogP contribution in [0.2, 0.25) is 0 Å². The average Bonchev–Trinajstić information content (AvgIpc) is 2.97. The van der Waals surface area contributed by atoms with Gasteiger partial charge in [-0.2, -0.15) is 0 Å². The number of imidazole rings is 1. The Kier molecular flexibility index (Phi) is 3.33. The summed E-state index contributed by atoms with van der Waals surface area (Å²) in [5, 5.41) is 0. The van der Waals surface area contributed by atoms with Crippen LogP contribution in [-0.4, -0.2) is 15.0 Å². The topological polar surface area (TPSA) is 95.2 Å². The molecule has 0 aromatic carbocycles. The predicted molar refractivity (Wildman–Crippen MR) is 63.8 cm³/mol. The Morgan fingerprint density at radius 2 is 2.11 bits per heavy atom. The van der Waals surface area contributed by atoms with Crippen LogP contribution in [0.1, 0.15) is 23.2 Å². The van der Waals surface area contributed by atoms with Crippen molar-refractivity contribution >= 4 is 5.91 Å². The molecule has 3 N–H and O–H groups in total. The highest BCUT2D eigenvalue weighted by Crippen LogP contribution is 2.08. The van der Waals surface area contributed by atoms with Crippen molar-refractivity contribution in [2.45, 2.75) is 20.0 Å². The third-order valence-corrected chi connectivity index (χ3v) is 2.60. The fourth-order valence-electron chi connectivity index (χ4n) is 1.64. The summed E-state index contributed by atoms with van der Waals surface area (Å²) in [6, 6.07) is 3.15. The van der Waals surface area contributed by atoms with Crippen molar-refractivity contribution in [3.05, 3.63) is 46.5 Å². The number of aromatic nitrogens is 2. The van der Waals surface area contributed by atoms with Gasteiger partial charge >= 0.3 is 11.6 Å². The number of nitrogens with two attached hydrogens (primary N) is 1. The van der Waals surface area contributed by atoms with Crippen LogP contribution in [0.15, 0.2) is 33.7 Å². The Morgan fingerprint density at radius 1 is 1.39 bits per heavy atom. The number of amides is 1. The standard InChI is InChI=1S/C11H14N4O3/c1-2-14-5-6-15(11(14)17)7-8-3-4-9(18-8)10(16)13-12/h3-6H,2,7,12H2,1H3,(H,13,16). The van der Waals surface area contributed by atoms with Gasteiger partial charge < -0.3 is 4.42 Å². The van der Waals surface area contributed by atoms with Crippen LogP contribution in [0.25, 0.3) is 0 Å². The summed E-state index contributed by atoms with van der Waals surface area (Å²) in [5.74, 6) is 5.13. The van der Waals surface area contributed by atoms with Gasteiger partial charge in [-0.1, -0.05) is 0 Å². The van der Waals surface area contributed by atoms with E-state index in [-0.39, 0.29) is 18.0 Å². The maximum absolute atomic E-state index is 11.8. The molecule has 7 nitrogen and oxygen atoms in total. The van der Waals surface area contributed by atoms with Crippen molar-refractivity contribution in [2.75, 3.05) is 0 Å². The maximum atomic E-state index is 11.8. The van der Waals surface area contributed by atoms with Crippen molar-refractivity contribution in [2.24, 2.45) is 5.84 Å². The fraction of sp³-hybridized carbons (Fsp3) is 0.273. The number of carbonyl (C=O) groups is 1. The van der Waals surface area contributed by atoms with E-state index in [0.717, 1.165) is 0 Å². The van der Waals surface area contributed by atoms with Gasteiger partial charge in [-0.3, -0.25) is 19.4 Å². The third kappa shape index (κ3) is 2.21. The number of carbonyl (C=O) groups excluding carboxylic acids is 1. The van der Waals surface area contributed by atoms with E-state index in [0.29, 0.717) is 12.3 Å². The number of nitrogens with zero attached hydrogens (tertiary/aromatic N) is 2. The minimum Gasteiger partial charge on any atom is -0.454 e. The van der Waals surface area contributed by atoms with Gasteiger partial charge in [-0.05, 0) is 19.1 Å². The molecule has 7 heteroatoms. The van der Waals surface area contributed by atoms with Crippen LogP contribution in [0.5, 0.6) is 0 Å². The van der Waals surface area contributed by atoms with E-state index >= 15 is 0 Å². The number of hydrogen-bond donors (Lipinski definition) is 2. The molecule has 0 fully saturated rings. The summed E-state index contributed by atoms with van der Waals surface area (Å²) in [6.45, 7) is 2.79. The minimum absolute atomic E-state index is 0.112. The summed E-state index contributed by atoms with van der Waals surface area (Å²) in [6.07, 6.45) is 3.38. The van der Waals surface area contributed by atoms with Crippen molar-refractivity contribution in [1.82, 2.24) is 14.6 Å². The predicted octanol–water partition coefficient (Wildman–Crippen LogP) is -0.0855. The van der Waals surface area contributed by atoms with Gasteiger partial charge in [-0.25, -0.2) is 10.6 Å². The molecular weight excluding hydrogens is 236 g/mol. The molecule has 0 atom stereocenters. The normalized spacial score (nSPS) is 10.6. The highest BCUT2D eigenvalue weighted by atomic mass is 16.4. The molecule has 0 unspecified atom stereocenters. The van der Waals surface area contributed by atoms with E-state index < -0.39 is 5.91 Å². The average molecular weight is 250 g/mol. The summed E-state index contributed by atoms with van der Waals surface area (Å²) < 4.78 is 8.36. The molecule has 0 aliphatic rings. The van der Waals surface area contributed by atoms with Gasteiger partial charge in [0.2, 0.25) is 0 Å². The largest absolute Gasteiger partial charge is 0.454 e. The van der Waals surface area contributed by atoms with E-state index in [1.807, 2.05) is 12.3 Å². The molecular formula is C11H14N4O3. The first-order valence-corrected chi connectivity index (χ1v) is 5.51. The van der Waals surface area contributed by atoms with Crippen LogP contribution in [-0.2, 0) is 13.1 Å². The first-order chi connectivity index (χ1) is 8.65. The Balaban J connectivity index is 2.19. The maximum Gasteiger partial charge on any atom is 0.328 e. The molecule has 2 aromatic heterocycles. The van der Waals surface area contributed by atoms with Crippen LogP contribution >= 0.6 is 0 Å². The molecule has 0 radical (unpaired) electrons. The van der Waals surface area contributed by atoms with E-state index in [1.165, 1.54) is 10.6 Å². The molecule has 0 saturated carbocycles. The Bertz CT molecular complexity index is 608. The molecule has 0 aliphatic carbocycles. The summed E-state index contributed by atoms with van der Waals surface area (Å²) in [7, 11) is 0. The second-order valence-electron chi connectivity index (χ2n) is 3.73. The lowest BCUT2D eigenvalue weighted by Gasteiger charge is -1.98. The third-order valence-electron chi connectivity index (χ3n) is 2.60. The highest BCUT2D eigenvalue weighted by Gasteiger charge is 2.10. The smallest absolute Gasteiger partial charge is 0.328 e. The molecule has 18 heavy (non-hydrogen) atoms. The number of hydrazine groups is 1. The zero-order valence-electron chi connectivity index (χ0n) is 9.92. The molecule has 0 bridgehead atoms. The van der Waals surface area contributed by atoms with Gasteiger partial charge in [0.1, 0.15) is 5.76 Å². The molecule has 1 amide bonds. The van der Waals surface area contributed by atoms with Crippen LogP contribution in [0, 0.1) is 0 Å². The quantitative estimate of drug-likeness (QED) is 0.450. The molecule has 2 heterocycles. The lowest BCUT2D eigenvalue weighted by Crippen LogP contribution is -2.29. The zero-order chi connectivity index (χ0) is 13.1. The summed E-state index contributed by atoms with van der Waals surface area (Å²) >= 11 is 0. The van der Waals surface area contributed by atoms with Gasteiger partial charge in [0.25, 0.3) is 0 Å². The number of furan rings is 1. The van der Waals surface area contributed by atoms with Crippen LogP contribution < -0.4 is 17.0 Å². The van der Waals surface area contributed by atoms with Crippen LogP contribution in [0.4, 0.5) is 0 Å². The highest BCUT2D eigenvalue weighted by molar-refractivity contribution is 5.90. The fourth-order valence-corrected chi connectivity index (χ4v) is 1.64. The Morgan fingerprint density at radius 3 is 2.72 bits per heavy atom. The van der Waals surface area contributed by atoms with Gasteiger partial charge in [0.05, 0.1) is 6.54 Å². The van der Waals surface area contributed by atoms with Crippen molar-refractivity contribution < 1.29 is 9.21 Å². The molecule has 2 aromatic rings. The zero-order valence-corrected chi connectivity index (χ0v) is 9.92. The van der Waals surface area contributed by atoms with E-state index in [4.69, 9.17) is 10.3 Å². The van der Waals surface area contributed by atoms with E-state index in [9.17, 15) is 9.59 Å². The number of hydrogen-bond acceptors (Lipinski definition) is 4. The van der Waals surface area contributed by atoms with Crippen molar-refractivity contribution in [3.63, 3.8) is 0 Å². The summed E-state index contributed by atoms with van der Waals surface area (Å²) in [5.41, 5.74) is 1.87. The number of nitrogens with one attached hydrogen (secondary N) is 1. The number of aryl methyl sites for hydroxylation is 1. The minimum atomic E-state index is -0.500. The number of nitrogen functional groups attached to an aromatic ring is 1. The second kappa shape index (κ2) is 4.92. The van der Waals surface area contributed by atoms with E-state index in [1.54, 1.807) is 23.0 Å².